The highest BCUT2D eigenvalue weighted by molar-refractivity contribution is 5.94. The Bertz CT molecular complexity index is 811. The lowest BCUT2D eigenvalue weighted by Gasteiger charge is -2.39. The van der Waals surface area contributed by atoms with Crippen LogP contribution < -0.4 is 5.32 Å². The zero-order valence-electron chi connectivity index (χ0n) is 14.4. The van der Waals surface area contributed by atoms with E-state index in [4.69, 9.17) is 4.74 Å². The molecule has 26 heavy (non-hydrogen) atoms. The standard InChI is InChI=1S/C17H19F3N4O2/c1-17(15(19)20)10-24(5-6-26-17)16(25)22-14-4-3-12(18)7-13(14)11-8-21-23(2)9-11/h3-4,7-9,15H,5-6,10H2,1-2H3,(H,22,25). The number of nitrogens with zero attached hydrogens (tertiary/aromatic N) is 3. The molecule has 0 aliphatic carbocycles. The quantitative estimate of drug-likeness (QED) is 0.906. The largest absolute Gasteiger partial charge is 0.366 e. The molecule has 2 amide bonds. The van der Waals surface area contributed by atoms with Gasteiger partial charge in [0.15, 0.2) is 0 Å². The van der Waals surface area contributed by atoms with Gasteiger partial charge < -0.3 is 15.0 Å². The van der Waals surface area contributed by atoms with Crippen LogP contribution in [0.3, 0.4) is 0 Å². The summed E-state index contributed by atoms with van der Waals surface area (Å²) in [4.78, 5) is 13.8. The molecule has 1 aliphatic heterocycles. The van der Waals surface area contributed by atoms with E-state index in [-0.39, 0.29) is 19.7 Å². The third kappa shape index (κ3) is 3.67. The first-order valence-electron chi connectivity index (χ1n) is 8.05. The number of anilines is 1. The van der Waals surface area contributed by atoms with Gasteiger partial charge in [0.1, 0.15) is 11.4 Å². The molecule has 0 radical (unpaired) electrons. The topological polar surface area (TPSA) is 59.4 Å². The SMILES string of the molecule is Cn1cc(-c2cc(F)ccc2NC(=O)N2CCOC(C)(C(F)F)C2)cn1. The van der Waals surface area contributed by atoms with Crippen molar-refractivity contribution in [2.24, 2.45) is 7.05 Å². The lowest BCUT2D eigenvalue weighted by molar-refractivity contribution is -0.161. The summed E-state index contributed by atoms with van der Waals surface area (Å²) in [6, 6.07) is 3.40. The molecule has 1 N–H and O–H groups in total. The van der Waals surface area contributed by atoms with Crippen molar-refractivity contribution in [3.8, 4) is 11.1 Å². The summed E-state index contributed by atoms with van der Waals surface area (Å²) in [6.07, 6.45) is 0.523. The predicted molar refractivity (Wildman–Crippen MR) is 89.6 cm³/mol. The normalized spacial score (nSPS) is 20.5. The Balaban J connectivity index is 1.82. The molecule has 0 spiro atoms. The number of hydrogen-bond acceptors (Lipinski definition) is 3. The Morgan fingerprint density at radius 3 is 2.85 bits per heavy atom. The van der Waals surface area contributed by atoms with Gasteiger partial charge in [0.25, 0.3) is 6.43 Å². The molecule has 1 aliphatic rings. The fourth-order valence-corrected chi connectivity index (χ4v) is 2.82. The van der Waals surface area contributed by atoms with Gasteiger partial charge in [0.2, 0.25) is 0 Å². The summed E-state index contributed by atoms with van der Waals surface area (Å²) in [5.41, 5.74) is -0.252. The van der Waals surface area contributed by atoms with Crippen molar-refractivity contribution in [3.63, 3.8) is 0 Å². The maximum Gasteiger partial charge on any atom is 0.322 e. The smallest absolute Gasteiger partial charge is 0.322 e. The van der Waals surface area contributed by atoms with Crippen LogP contribution in [-0.2, 0) is 11.8 Å². The van der Waals surface area contributed by atoms with Crippen molar-refractivity contribution < 1.29 is 22.7 Å². The second-order valence-corrected chi connectivity index (χ2v) is 6.41. The van der Waals surface area contributed by atoms with Gasteiger partial charge in [-0.15, -0.1) is 0 Å². The van der Waals surface area contributed by atoms with Crippen LogP contribution in [0.25, 0.3) is 11.1 Å². The molecule has 1 atom stereocenters. The summed E-state index contributed by atoms with van der Waals surface area (Å²) in [7, 11) is 1.72. The third-order valence-electron chi connectivity index (χ3n) is 4.29. The summed E-state index contributed by atoms with van der Waals surface area (Å²) >= 11 is 0. The fraction of sp³-hybridized carbons (Fsp3) is 0.412. The van der Waals surface area contributed by atoms with E-state index < -0.39 is 23.9 Å². The summed E-state index contributed by atoms with van der Waals surface area (Å²) < 4.78 is 46.7. The molecule has 2 heterocycles. The van der Waals surface area contributed by atoms with E-state index in [1.54, 1.807) is 24.1 Å². The third-order valence-corrected chi connectivity index (χ3v) is 4.29. The molecule has 1 aromatic carbocycles. The van der Waals surface area contributed by atoms with Crippen LogP contribution in [0.5, 0.6) is 0 Å². The van der Waals surface area contributed by atoms with Gasteiger partial charge in [0.05, 0.1) is 25.0 Å². The van der Waals surface area contributed by atoms with Crippen LogP contribution >= 0.6 is 0 Å². The molecule has 1 aromatic heterocycles. The van der Waals surface area contributed by atoms with Gasteiger partial charge in [-0.2, -0.15) is 5.10 Å². The van der Waals surface area contributed by atoms with Crippen molar-refractivity contribution in [3.05, 3.63) is 36.4 Å². The van der Waals surface area contributed by atoms with E-state index >= 15 is 0 Å². The van der Waals surface area contributed by atoms with Gasteiger partial charge >= 0.3 is 6.03 Å². The maximum atomic E-state index is 13.7. The average Bonchev–Trinajstić information content (AvgIpc) is 3.02. The average molecular weight is 368 g/mol. The molecule has 1 fully saturated rings. The lowest BCUT2D eigenvalue weighted by atomic mass is 10.1. The highest BCUT2D eigenvalue weighted by Gasteiger charge is 2.42. The Morgan fingerprint density at radius 2 is 2.19 bits per heavy atom. The molecule has 1 saturated heterocycles. The minimum Gasteiger partial charge on any atom is -0.366 e. The molecule has 2 aromatic rings. The van der Waals surface area contributed by atoms with E-state index in [0.29, 0.717) is 16.8 Å². The number of urea groups is 1. The van der Waals surface area contributed by atoms with Crippen molar-refractivity contribution >= 4 is 11.7 Å². The number of aryl methyl sites for hydroxylation is 1. The molecule has 6 nitrogen and oxygen atoms in total. The van der Waals surface area contributed by atoms with Gasteiger partial charge in [-0.25, -0.2) is 18.0 Å². The molecule has 3 rings (SSSR count). The minimum atomic E-state index is -2.71. The lowest BCUT2D eigenvalue weighted by Crippen LogP contribution is -2.56. The maximum absolute atomic E-state index is 13.7. The number of ether oxygens (including phenoxy) is 1. The van der Waals surface area contributed by atoms with Crippen LogP contribution in [0.1, 0.15) is 6.92 Å². The van der Waals surface area contributed by atoms with E-state index in [9.17, 15) is 18.0 Å². The first-order chi connectivity index (χ1) is 12.3. The molecule has 0 saturated carbocycles. The predicted octanol–water partition coefficient (Wildman–Crippen LogP) is 3.11. The molecule has 140 valence electrons. The first-order valence-corrected chi connectivity index (χ1v) is 8.05. The minimum absolute atomic E-state index is 0.0210. The Morgan fingerprint density at radius 1 is 1.42 bits per heavy atom. The van der Waals surface area contributed by atoms with E-state index in [1.807, 2.05) is 0 Å². The molecular weight excluding hydrogens is 349 g/mol. The first kappa shape index (κ1) is 18.2. The van der Waals surface area contributed by atoms with Crippen LogP contribution in [0.15, 0.2) is 30.6 Å². The number of rotatable bonds is 3. The molecule has 0 bridgehead atoms. The highest BCUT2D eigenvalue weighted by atomic mass is 19.3. The Kier molecular flexibility index (Phi) is 4.90. The van der Waals surface area contributed by atoms with Crippen molar-refractivity contribution in [2.45, 2.75) is 19.0 Å². The van der Waals surface area contributed by atoms with E-state index in [1.165, 1.54) is 30.0 Å². The number of carbonyl (C=O) groups is 1. The Labute approximate surface area is 148 Å². The van der Waals surface area contributed by atoms with Gasteiger partial charge in [-0.05, 0) is 25.1 Å². The van der Waals surface area contributed by atoms with Crippen molar-refractivity contribution in [2.75, 3.05) is 25.0 Å². The molecule has 9 heteroatoms. The van der Waals surface area contributed by atoms with E-state index in [0.717, 1.165) is 0 Å². The van der Waals surface area contributed by atoms with Crippen molar-refractivity contribution in [1.29, 1.82) is 0 Å². The zero-order chi connectivity index (χ0) is 18.9. The second-order valence-electron chi connectivity index (χ2n) is 6.41. The number of nitrogens with one attached hydrogen (secondary N) is 1. The van der Waals surface area contributed by atoms with Crippen LogP contribution in [-0.4, -0.2) is 52.4 Å². The van der Waals surface area contributed by atoms with Gasteiger partial charge in [-0.1, -0.05) is 0 Å². The van der Waals surface area contributed by atoms with Crippen LogP contribution in [0.2, 0.25) is 0 Å². The number of aromatic nitrogens is 2. The fourth-order valence-electron chi connectivity index (χ4n) is 2.82. The van der Waals surface area contributed by atoms with Crippen LogP contribution in [0.4, 0.5) is 23.7 Å². The number of alkyl halides is 2. The number of morpholine rings is 1. The number of benzene rings is 1. The number of amides is 2. The second kappa shape index (κ2) is 6.99. The monoisotopic (exact) mass is 368 g/mol. The number of carbonyl (C=O) groups excluding carboxylic acids is 1. The van der Waals surface area contributed by atoms with Crippen LogP contribution in [0, 0.1) is 5.82 Å². The van der Waals surface area contributed by atoms with Gasteiger partial charge in [0, 0.05) is 30.9 Å². The molecular formula is C17H19F3N4O2. The number of halogens is 3. The zero-order valence-corrected chi connectivity index (χ0v) is 14.4. The number of hydrogen-bond donors (Lipinski definition) is 1. The summed E-state index contributed by atoms with van der Waals surface area (Å²) in [6.45, 7) is 1.25. The molecule has 1 unspecified atom stereocenters. The highest BCUT2D eigenvalue weighted by Crippen LogP contribution is 2.30. The van der Waals surface area contributed by atoms with Crippen molar-refractivity contribution in [1.82, 2.24) is 14.7 Å². The summed E-state index contributed by atoms with van der Waals surface area (Å²) in [5.74, 6) is -0.460. The summed E-state index contributed by atoms with van der Waals surface area (Å²) in [5, 5.41) is 6.72. The Hall–Kier alpha value is -2.55. The van der Waals surface area contributed by atoms with E-state index in [2.05, 4.69) is 10.4 Å². The van der Waals surface area contributed by atoms with Gasteiger partial charge in [-0.3, -0.25) is 4.68 Å².